The molecule has 0 aromatic carbocycles. The van der Waals surface area contributed by atoms with Crippen LogP contribution >= 0.6 is 10.0 Å². The van der Waals surface area contributed by atoms with E-state index in [0.717, 1.165) is 0 Å². The molecule has 0 heterocycles. The van der Waals surface area contributed by atoms with Crippen LogP contribution in [0.4, 0.5) is 0 Å². The quantitative estimate of drug-likeness (QED) is 0.290. The lowest BCUT2D eigenvalue weighted by Crippen LogP contribution is -2.12. The van der Waals surface area contributed by atoms with E-state index in [9.17, 15) is 5.26 Å². The van der Waals surface area contributed by atoms with Gasteiger partial charge >= 0.3 is 0 Å². The Kier molecular flexibility index (Phi) is 12.7. The zero-order chi connectivity index (χ0) is 14.4. The number of rotatable bonds is 13. The Morgan fingerprint density at radius 1 is 0.632 bits per heavy atom. The van der Waals surface area contributed by atoms with Crippen molar-refractivity contribution in [2.45, 2.75) is 85.0 Å². The van der Waals surface area contributed by atoms with Gasteiger partial charge in [0, 0.05) is 0 Å². The van der Waals surface area contributed by atoms with Crippen LogP contribution in [-0.2, 0) is 0 Å². The van der Waals surface area contributed by atoms with Crippen LogP contribution in [0.3, 0.4) is 0 Å². The second kappa shape index (κ2) is 12.9. The molecule has 0 saturated heterocycles. The number of thiocyanates is 1. The van der Waals surface area contributed by atoms with Crippen molar-refractivity contribution < 1.29 is 0 Å². The summed E-state index contributed by atoms with van der Waals surface area (Å²) in [6.45, 7) is 6.75. The van der Waals surface area contributed by atoms with E-state index in [2.05, 4.69) is 26.2 Å². The molecule has 1 nitrogen and oxygen atoms in total. The first-order chi connectivity index (χ1) is 9.24. The highest BCUT2D eigenvalue weighted by Crippen LogP contribution is 2.49. The number of hydrogen-bond acceptors (Lipinski definition) is 1. The van der Waals surface area contributed by atoms with Gasteiger partial charge in [0.2, 0.25) is 0 Å². The first kappa shape index (κ1) is 18.8. The van der Waals surface area contributed by atoms with E-state index >= 15 is 0 Å². The SMILES string of the molecule is CCCCCCCCS(C#N)(CCCC)CCCC. The molecule has 0 radical (unpaired) electrons. The largest absolute Gasteiger partial charge is 0.187 e. The maximum absolute atomic E-state index is 9.66. The number of nitriles is 1. The minimum atomic E-state index is -0.946. The molecule has 0 aliphatic rings. The molecule has 0 rings (SSSR count). The van der Waals surface area contributed by atoms with Gasteiger partial charge in [0.1, 0.15) is 5.40 Å². The first-order valence-electron chi connectivity index (χ1n) is 8.42. The Morgan fingerprint density at radius 3 is 1.53 bits per heavy atom. The van der Waals surface area contributed by atoms with Gasteiger partial charge in [0.15, 0.2) is 0 Å². The molecule has 19 heavy (non-hydrogen) atoms. The Balaban J connectivity index is 4.05. The van der Waals surface area contributed by atoms with Gasteiger partial charge in [-0.15, -0.1) is 0 Å². The van der Waals surface area contributed by atoms with Crippen molar-refractivity contribution in [1.29, 1.82) is 5.26 Å². The Bertz CT molecular complexity index is 224. The van der Waals surface area contributed by atoms with Crippen LogP contribution in [0, 0.1) is 10.7 Å². The maximum Gasteiger partial charge on any atom is 0.113 e. The van der Waals surface area contributed by atoms with Gasteiger partial charge in [0.25, 0.3) is 0 Å². The minimum absolute atomic E-state index is 0.946. The Morgan fingerprint density at radius 2 is 1.05 bits per heavy atom. The zero-order valence-electron chi connectivity index (χ0n) is 13.5. The van der Waals surface area contributed by atoms with E-state index in [-0.39, 0.29) is 0 Å². The minimum Gasteiger partial charge on any atom is -0.187 e. The molecule has 0 saturated carbocycles. The summed E-state index contributed by atoms with van der Waals surface area (Å²) in [5.74, 6) is 3.62. The highest BCUT2D eigenvalue weighted by Gasteiger charge is 2.21. The molecule has 0 unspecified atom stereocenters. The molecular formula is C17H35NS. The van der Waals surface area contributed by atoms with Crippen LogP contribution in [0.1, 0.15) is 85.0 Å². The Hall–Kier alpha value is -0.160. The molecule has 0 amide bonds. The third-order valence-corrected chi connectivity index (χ3v) is 7.46. The number of hydrogen-bond donors (Lipinski definition) is 0. The molecule has 0 N–H and O–H groups in total. The van der Waals surface area contributed by atoms with Crippen molar-refractivity contribution in [3.63, 3.8) is 0 Å². The van der Waals surface area contributed by atoms with Crippen molar-refractivity contribution >= 4 is 10.0 Å². The van der Waals surface area contributed by atoms with Gasteiger partial charge in [-0.1, -0.05) is 65.7 Å². The normalized spacial score (nSPS) is 12.3. The van der Waals surface area contributed by atoms with E-state index in [4.69, 9.17) is 0 Å². The van der Waals surface area contributed by atoms with Crippen molar-refractivity contribution in [2.75, 3.05) is 17.3 Å². The summed E-state index contributed by atoms with van der Waals surface area (Å²) < 4.78 is 0. The third-order valence-electron chi connectivity index (χ3n) is 3.86. The lowest BCUT2D eigenvalue weighted by atomic mass is 10.1. The van der Waals surface area contributed by atoms with Crippen molar-refractivity contribution in [2.24, 2.45) is 0 Å². The summed E-state index contributed by atoms with van der Waals surface area (Å²) in [5, 5.41) is 12.4. The van der Waals surface area contributed by atoms with E-state index in [0.29, 0.717) is 0 Å². The Labute approximate surface area is 123 Å². The van der Waals surface area contributed by atoms with E-state index in [1.807, 2.05) is 0 Å². The van der Waals surface area contributed by atoms with Crippen molar-refractivity contribution in [3.05, 3.63) is 0 Å². The molecule has 0 atom stereocenters. The van der Waals surface area contributed by atoms with E-state index < -0.39 is 10.0 Å². The molecule has 0 aliphatic carbocycles. The molecular weight excluding hydrogens is 250 g/mol. The number of nitrogens with zero attached hydrogens (tertiary/aromatic N) is 1. The van der Waals surface area contributed by atoms with Crippen LogP contribution in [0.15, 0.2) is 0 Å². The fraction of sp³-hybridized carbons (Fsp3) is 0.941. The fourth-order valence-electron chi connectivity index (χ4n) is 2.44. The fourth-order valence-corrected chi connectivity index (χ4v) is 5.77. The van der Waals surface area contributed by atoms with E-state index in [1.54, 1.807) is 0 Å². The second-order valence-corrected chi connectivity index (χ2v) is 9.22. The first-order valence-corrected chi connectivity index (χ1v) is 10.6. The van der Waals surface area contributed by atoms with Gasteiger partial charge < -0.3 is 0 Å². The van der Waals surface area contributed by atoms with Crippen LogP contribution in [0.25, 0.3) is 0 Å². The van der Waals surface area contributed by atoms with Gasteiger partial charge in [-0.3, -0.25) is 0 Å². The van der Waals surface area contributed by atoms with Crippen LogP contribution in [-0.4, -0.2) is 17.3 Å². The standard InChI is InChI=1S/C17H35NS/c1-4-7-10-11-12-13-16-19(17-18,14-8-5-2)15-9-6-3/h4-16H2,1-3H3. The van der Waals surface area contributed by atoms with E-state index in [1.165, 1.54) is 81.5 Å². The molecule has 2 heteroatoms. The second-order valence-electron chi connectivity index (χ2n) is 5.72. The molecule has 0 aromatic rings. The molecule has 0 aliphatic heterocycles. The van der Waals surface area contributed by atoms with Gasteiger partial charge in [0.05, 0.1) is 0 Å². The van der Waals surface area contributed by atoms with Crippen LogP contribution < -0.4 is 0 Å². The number of unbranched alkanes of at least 4 members (excludes halogenated alkanes) is 7. The lowest BCUT2D eigenvalue weighted by molar-refractivity contribution is 0.626. The predicted molar refractivity (Wildman–Crippen MR) is 91.0 cm³/mol. The average molecular weight is 286 g/mol. The summed E-state index contributed by atoms with van der Waals surface area (Å²) in [6, 6.07) is 0. The predicted octanol–water partition coefficient (Wildman–Crippen LogP) is 6.23. The summed E-state index contributed by atoms with van der Waals surface area (Å²) in [6.07, 6.45) is 13.1. The van der Waals surface area contributed by atoms with Gasteiger partial charge in [-0.05, 0) is 36.5 Å². The van der Waals surface area contributed by atoms with Crippen molar-refractivity contribution in [1.82, 2.24) is 0 Å². The third kappa shape index (κ3) is 9.38. The molecule has 0 fully saturated rings. The smallest absolute Gasteiger partial charge is 0.113 e. The topological polar surface area (TPSA) is 23.8 Å². The summed E-state index contributed by atoms with van der Waals surface area (Å²) in [5.41, 5.74) is 0. The van der Waals surface area contributed by atoms with Crippen molar-refractivity contribution in [3.8, 4) is 5.40 Å². The van der Waals surface area contributed by atoms with Gasteiger partial charge in [-0.25, -0.2) is 0 Å². The highest BCUT2D eigenvalue weighted by atomic mass is 32.3. The summed E-state index contributed by atoms with van der Waals surface area (Å²) in [4.78, 5) is 0. The highest BCUT2D eigenvalue weighted by molar-refractivity contribution is 8.37. The molecule has 0 bridgehead atoms. The average Bonchev–Trinajstić information content (AvgIpc) is 2.45. The van der Waals surface area contributed by atoms with Gasteiger partial charge in [-0.2, -0.15) is 15.3 Å². The van der Waals surface area contributed by atoms with Crippen LogP contribution in [0.5, 0.6) is 0 Å². The summed E-state index contributed by atoms with van der Waals surface area (Å²) in [7, 11) is -0.946. The zero-order valence-corrected chi connectivity index (χ0v) is 14.4. The summed E-state index contributed by atoms with van der Waals surface area (Å²) >= 11 is 0. The lowest BCUT2D eigenvalue weighted by Gasteiger charge is -2.32. The molecule has 0 spiro atoms. The van der Waals surface area contributed by atoms with Crippen LogP contribution in [0.2, 0.25) is 0 Å². The molecule has 0 aromatic heterocycles. The maximum atomic E-state index is 9.66. The molecule has 114 valence electrons. The monoisotopic (exact) mass is 285 g/mol.